The highest BCUT2D eigenvalue weighted by atomic mass is 79.9. The van der Waals surface area contributed by atoms with Crippen molar-refractivity contribution in [1.29, 1.82) is 0 Å². The summed E-state index contributed by atoms with van der Waals surface area (Å²) >= 11 is 3.26. The molecule has 1 aliphatic rings. The largest absolute Gasteiger partial charge is 0.466 e. The predicted molar refractivity (Wildman–Crippen MR) is 107 cm³/mol. The first-order valence-corrected chi connectivity index (χ1v) is 9.93. The smallest absolute Gasteiger partial charge is 0.309 e. The number of hydrogen-bond acceptors (Lipinski definition) is 4. The summed E-state index contributed by atoms with van der Waals surface area (Å²) < 4.78 is 19.4. The first kappa shape index (κ1) is 22.1. The minimum Gasteiger partial charge on any atom is -0.466 e. The van der Waals surface area contributed by atoms with Gasteiger partial charge < -0.3 is 14.5 Å². The van der Waals surface area contributed by atoms with Crippen LogP contribution in [0.2, 0.25) is 0 Å². The Balaban J connectivity index is 1.85. The van der Waals surface area contributed by atoms with Gasteiger partial charge in [-0.2, -0.15) is 0 Å². The average molecular weight is 455 g/mol. The van der Waals surface area contributed by atoms with Gasteiger partial charge in [0.1, 0.15) is 5.82 Å². The molecule has 0 atom stereocenters. The number of rotatable bonds is 6. The summed E-state index contributed by atoms with van der Waals surface area (Å²) in [6.07, 6.45) is 3.74. The molecule has 0 unspecified atom stereocenters. The molecule has 1 heterocycles. The van der Waals surface area contributed by atoms with Gasteiger partial charge in [-0.1, -0.05) is 15.9 Å². The maximum absolute atomic E-state index is 13.7. The van der Waals surface area contributed by atoms with Crippen molar-refractivity contribution < 1.29 is 23.5 Å². The van der Waals surface area contributed by atoms with Crippen LogP contribution in [0.15, 0.2) is 28.7 Å². The van der Waals surface area contributed by atoms with E-state index in [1.54, 1.807) is 24.0 Å². The molecule has 1 saturated heterocycles. The fourth-order valence-corrected chi connectivity index (χ4v) is 3.31. The number of hydrogen-bond donors (Lipinski definition) is 0. The van der Waals surface area contributed by atoms with Gasteiger partial charge in [0.25, 0.3) is 0 Å². The summed E-state index contributed by atoms with van der Waals surface area (Å²) in [6.45, 7) is 2.96. The monoisotopic (exact) mass is 454 g/mol. The van der Waals surface area contributed by atoms with Crippen LogP contribution in [-0.4, -0.2) is 60.9 Å². The van der Waals surface area contributed by atoms with E-state index in [-0.39, 0.29) is 29.9 Å². The van der Waals surface area contributed by atoms with E-state index in [1.165, 1.54) is 30.2 Å². The average Bonchev–Trinajstić information content (AvgIpc) is 2.68. The van der Waals surface area contributed by atoms with Crippen molar-refractivity contribution in [3.8, 4) is 0 Å². The number of nitrogens with zero attached hydrogens (tertiary/aromatic N) is 2. The van der Waals surface area contributed by atoms with E-state index in [4.69, 9.17) is 4.74 Å². The molecule has 2 amide bonds. The minimum absolute atomic E-state index is 0.0752. The molecule has 0 N–H and O–H groups in total. The Bertz CT molecular complexity index is 761. The van der Waals surface area contributed by atoms with E-state index in [0.29, 0.717) is 37.0 Å². The zero-order valence-corrected chi connectivity index (χ0v) is 17.6. The van der Waals surface area contributed by atoms with Crippen molar-refractivity contribution in [2.75, 3.05) is 33.3 Å². The topological polar surface area (TPSA) is 66.9 Å². The van der Waals surface area contributed by atoms with Crippen molar-refractivity contribution in [1.82, 2.24) is 9.80 Å². The second kappa shape index (κ2) is 10.4. The molecular weight excluding hydrogens is 431 g/mol. The number of esters is 1. The van der Waals surface area contributed by atoms with E-state index in [9.17, 15) is 18.8 Å². The van der Waals surface area contributed by atoms with Crippen molar-refractivity contribution in [3.63, 3.8) is 0 Å². The Morgan fingerprint density at radius 2 is 2.00 bits per heavy atom. The summed E-state index contributed by atoms with van der Waals surface area (Å²) in [5.41, 5.74) is 0.281. The molecule has 1 aromatic rings. The lowest BCUT2D eigenvalue weighted by molar-refractivity contribution is -0.151. The third-order valence-electron chi connectivity index (χ3n) is 4.58. The van der Waals surface area contributed by atoms with Crippen LogP contribution in [0.25, 0.3) is 6.08 Å². The number of amides is 2. The van der Waals surface area contributed by atoms with Gasteiger partial charge in [-0.3, -0.25) is 14.4 Å². The van der Waals surface area contributed by atoms with Crippen LogP contribution >= 0.6 is 15.9 Å². The highest BCUT2D eigenvalue weighted by molar-refractivity contribution is 9.10. The van der Waals surface area contributed by atoms with Gasteiger partial charge in [-0.15, -0.1) is 0 Å². The van der Waals surface area contributed by atoms with Gasteiger partial charge in [0.2, 0.25) is 11.8 Å². The number of carbonyl (C=O) groups is 3. The first-order valence-electron chi connectivity index (χ1n) is 9.14. The van der Waals surface area contributed by atoms with E-state index in [0.717, 1.165) is 0 Å². The fraction of sp³-hybridized carbons (Fsp3) is 0.450. The van der Waals surface area contributed by atoms with E-state index < -0.39 is 11.7 Å². The number of benzene rings is 1. The molecule has 28 heavy (non-hydrogen) atoms. The quantitative estimate of drug-likeness (QED) is 0.489. The Kier molecular flexibility index (Phi) is 8.17. The molecular formula is C20H24BrFN2O4. The van der Waals surface area contributed by atoms with Gasteiger partial charge >= 0.3 is 5.97 Å². The molecule has 0 aromatic heterocycles. The summed E-state index contributed by atoms with van der Waals surface area (Å²) in [5.74, 6) is -1.40. The van der Waals surface area contributed by atoms with Crippen molar-refractivity contribution >= 4 is 39.8 Å². The fourth-order valence-electron chi connectivity index (χ4n) is 2.94. The first-order chi connectivity index (χ1) is 13.3. The summed E-state index contributed by atoms with van der Waals surface area (Å²) in [6, 6.07) is 4.45. The minimum atomic E-state index is -0.435. The van der Waals surface area contributed by atoms with E-state index in [1.807, 2.05) is 0 Å². The normalized spacial score (nSPS) is 14.9. The molecule has 1 aliphatic heterocycles. The SMILES string of the molecule is CCOC(=O)C1CCN(C(=O)CN(C)C(=O)C=Cc2cc(Br)ccc2F)CC1. The molecule has 0 bridgehead atoms. The molecule has 6 nitrogen and oxygen atoms in total. The second-order valence-corrected chi connectivity index (χ2v) is 7.52. The lowest BCUT2D eigenvalue weighted by atomic mass is 9.97. The zero-order chi connectivity index (χ0) is 20.7. The lowest BCUT2D eigenvalue weighted by Gasteiger charge is -2.32. The maximum atomic E-state index is 13.7. The molecule has 2 rings (SSSR count). The highest BCUT2D eigenvalue weighted by Crippen LogP contribution is 2.19. The molecule has 0 spiro atoms. The van der Waals surface area contributed by atoms with Crippen LogP contribution in [0.4, 0.5) is 4.39 Å². The van der Waals surface area contributed by atoms with Crippen LogP contribution in [0, 0.1) is 11.7 Å². The predicted octanol–water partition coefficient (Wildman–Crippen LogP) is 2.86. The summed E-state index contributed by atoms with van der Waals surface area (Å²) in [7, 11) is 1.52. The van der Waals surface area contributed by atoms with Crippen LogP contribution in [0.3, 0.4) is 0 Å². The highest BCUT2D eigenvalue weighted by Gasteiger charge is 2.28. The van der Waals surface area contributed by atoms with Crippen molar-refractivity contribution in [3.05, 3.63) is 40.1 Å². The Morgan fingerprint density at radius 1 is 1.32 bits per heavy atom. The second-order valence-electron chi connectivity index (χ2n) is 6.60. The van der Waals surface area contributed by atoms with E-state index in [2.05, 4.69) is 15.9 Å². The number of piperidine rings is 1. The Morgan fingerprint density at radius 3 is 2.64 bits per heavy atom. The van der Waals surface area contributed by atoms with Crippen LogP contribution in [0.1, 0.15) is 25.3 Å². The third-order valence-corrected chi connectivity index (χ3v) is 5.07. The molecule has 0 radical (unpaired) electrons. The standard InChI is InChI=1S/C20H24BrFN2O4/c1-3-28-20(27)14-8-10-24(11-9-14)19(26)13-23(2)18(25)7-4-15-12-16(21)5-6-17(15)22/h4-7,12,14H,3,8-11,13H2,1-2H3. The maximum Gasteiger partial charge on any atom is 0.309 e. The lowest BCUT2D eigenvalue weighted by Crippen LogP contribution is -2.45. The van der Waals surface area contributed by atoms with Crippen molar-refractivity contribution in [2.45, 2.75) is 19.8 Å². The van der Waals surface area contributed by atoms with Gasteiger partial charge in [-0.25, -0.2) is 4.39 Å². The molecule has 1 aromatic carbocycles. The Hall–Kier alpha value is -2.22. The Labute approximate surface area is 172 Å². The number of likely N-dealkylation sites (N-methyl/N-ethyl adjacent to an activating group) is 1. The molecule has 0 saturated carbocycles. The van der Waals surface area contributed by atoms with Crippen LogP contribution in [0.5, 0.6) is 0 Å². The van der Waals surface area contributed by atoms with Crippen LogP contribution in [-0.2, 0) is 19.1 Å². The van der Waals surface area contributed by atoms with Gasteiger partial charge in [0.05, 0.1) is 19.1 Å². The number of likely N-dealkylation sites (tertiary alicyclic amines) is 1. The van der Waals surface area contributed by atoms with Gasteiger partial charge in [-0.05, 0) is 44.0 Å². The molecule has 8 heteroatoms. The number of carbonyl (C=O) groups excluding carboxylic acids is 3. The van der Waals surface area contributed by atoms with Crippen molar-refractivity contribution in [2.24, 2.45) is 5.92 Å². The summed E-state index contributed by atoms with van der Waals surface area (Å²) in [5, 5.41) is 0. The third kappa shape index (κ3) is 6.15. The number of ether oxygens (including phenoxy) is 1. The van der Waals surface area contributed by atoms with Crippen LogP contribution < -0.4 is 0 Å². The zero-order valence-electron chi connectivity index (χ0n) is 16.0. The number of halogens is 2. The molecule has 1 fully saturated rings. The molecule has 152 valence electrons. The molecule has 0 aliphatic carbocycles. The van der Waals surface area contributed by atoms with Gasteiger partial charge in [0.15, 0.2) is 0 Å². The summed E-state index contributed by atoms with van der Waals surface area (Å²) in [4.78, 5) is 39.3. The van der Waals surface area contributed by atoms with Gasteiger partial charge in [0, 0.05) is 36.2 Å². The van der Waals surface area contributed by atoms with E-state index >= 15 is 0 Å².